The summed E-state index contributed by atoms with van der Waals surface area (Å²) in [6, 6.07) is 3.84. The van der Waals surface area contributed by atoms with E-state index in [-0.39, 0.29) is 5.91 Å². The Morgan fingerprint density at radius 3 is 2.58 bits per heavy atom. The predicted molar refractivity (Wildman–Crippen MR) is 98.3 cm³/mol. The molecular weight excluding hydrogens is 298 g/mol. The monoisotopic (exact) mass is 327 g/mol. The summed E-state index contributed by atoms with van der Waals surface area (Å²) < 4.78 is 0. The minimum absolute atomic E-state index is 0.0795. The fourth-order valence-corrected chi connectivity index (χ4v) is 3.56. The molecule has 0 aromatic carbocycles. The summed E-state index contributed by atoms with van der Waals surface area (Å²) >= 11 is 0. The molecule has 1 saturated heterocycles. The second-order valence-corrected chi connectivity index (χ2v) is 6.92. The lowest BCUT2D eigenvalue weighted by atomic mass is 9.97. The third-order valence-corrected chi connectivity index (χ3v) is 5.04. The number of anilines is 1. The highest BCUT2D eigenvalue weighted by Gasteiger charge is 2.18. The zero-order valence-corrected chi connectivity index (χ0v) is 14.6. The Morgan fingerprint density at radius 2 is 1.92 bits per heavy atom. The molecular formula is C20H29N3O. The van der Waals surface area contributed by atoms with Crippen LogP contribution in [0.15, 0.2) is 30.0 Å². The van der Waals surface area contributed by atoms with Crippen molar-refractivity contribution in [1.29, 1.82) is 0 Å². The van der Waals surface area contributed by atoms with Crippen molar-refractivity contribution in [2.24, 2.45) is 0 Å². The number of amides is 1. The molecule has 1 N–H and O–H groups in total. The van der Waals surface area contributed by atoms with E-state index in [1.54, 1.807) is 11.8 Å². The van der Waals surface area contributed by atoms with Gasteiger partial charge in [-0.05, 0) is 57.1 Å². The molecule has 0 unspecified atom stereocenters. The highest BCUT2D eigenvalue weighted by molar-refractivity contribution is 5.92. The summed E-state index contributed by atoms with van der Waals surface area (Å²) in [4.78, 5) is 18.9. The third-order valence-electron chi connectivity index (χ3n) is 5.04. The normalized spacial score (nSPS) is 18.7. The molecule has 1 amide bonds. The van der Waals surface area contributed by atoms with Gasteiger partial charge in [-0.2, -0.15) is 0 Å². The second-order valence-electron chi connectivity index (χ2n) is 6.92. The van der Waals surface area contributed by atoms with Crippen molar-refractivity contribution < 1.29 is 4.79 Å². The van der Waals surface area contributed by atoms with Gasteiger partial charge in [-0.3, -0.25) is 4.79 Å². The number of rotatable bonds is 5. The van der Waals surface area contributed by atoms with Crippen LogP contribution in [0.1, 0.15) is 68.3 Å². The Balaban J connectivity index is 1.49. The van der Waals surface area contributed by atoms with Crippen LogP contribution in [0.25, 0.3) is 0 Å². The SMILES string of the molecule is O=C(c1ccc(NCCC2=CCCCC2)cn1)N1CCCCCC1. The molecule has 2 heterocycles. The number of nitrogens with one attached hydrogen (secondary N) is 1. The average molecular weight is 327 g/mol. The quantitative estimate of drug-likeness (QED) is 0.815. The number of allylic oxidation sites excluding steroid dienone is 1. The number of aromatic nitrogens is 1. The van der Waals surface area contributed by atoms with Gasteiger partial charge >= 0.3 is 0 Å². The molecule has 0 radical (unpaired) electrons. The Morgan fingerprint density at radius 1 is 1.08 bits per heavy atom. The average Bonchev–Trinajstić information content (AvgIpc) is 2.92. The number of hydrogen-bond acceptors (Lipinski definition) is 3. The van der Waals surface area contributed by atoms with E-state index in [0.717, 1.165) is 44.6 Å². The van der Waals surface area contributed by atoms with Crippen LogP contribution in [0.2, 0.25) is 0 Å². The highest BCUT2D eigenvalue weighted by Crippen LogP contribution is 2.20. The lowest BCUT2D eigenvalue weighted by Crippen LogP contribution is -2.32. The predicted octanol–water partition coefficient (Wildman–Crippen LogP) is 4.40. The van der Waals surface area contributed by atoms with Crippen molar-refractivity contribution in [2.45, 2.75) is 57.8 Å². The summed E-state index contributed by atoms with van der Waals surface area (Å²) in [6.07, 6.45) is 15.2. The number of carbonyl (C=O) groups excluding carboxylic acids is 1. The van der Waals surface area contributed by atoms with Gasteiger partial charge in [0.05, 0.1) is 11.9 Å². The Kier molecular flexibility index (Phi) is 6.27. The van der Waals surface area contributed by atoms with Gasteiger partial charge in [0.15, 0.2) is 0 Å². The molecule has 130 valence electrons. The van der Waals surface area contributed by atoms with Crippen LogP contribution in [0, 0.1) is 0 Å². The number of pyridine rings is 1. The van der Waals surface area contributed by atoms with E-state index < -0.39 is 0 Å². The van der Waals surface area contributed by atoms with Gasteiger partial charge in [-0.1, -0.05) is 24.5 Å². The Hall–Kier alpha value is -1.84. The smallest absolute Gasteiger partial charge is 0.272 e. The van der Waals surface area contributed by atoms with Gasteiger partial charge in [0.1, 0.15) is 5.69 Å². The maximum atomic E-state index is 12.5. The molecule has 0 saturated carbocycles. The van der Waals surface area contributed by atoms with Crippen molar-refractivity contribution in [3.05, 3.63) is 35.7 Å². The highest BCUT2D eigenvalue weighted by atomic mass is 16.2. The molecule has 1 fully saturated rings. The number of carbonyl (C=O) groups is 1. The lowest BCUT2D eigenvalue weighted by molar-refractivity contribution is 0.0756. The molecule has 0 atom stereocenters. The first kappa shape index (κ1) is 17.0. The van der Waals surface area contributed by atoms with Crippen LogP contribution >= 0.6 is 0 Å². The minimum atomic E-state index is 0.0795. The van der Waals surface area contributed by atoms with Crippen molar-refractivity contribution in [3.63, 3.8) is 0 Å². The number of likely N-dealkylation sites (tertiary alicyclic amines) is 1. The second kappa shape index (κ2) is 8.86. The molecule has 24 heavy (non-hydrogen) atoms. The van der Waals surface area contributed by atoms with Crippen molar-refractivity contribution in [3.8, 4) is 0 Å². The van der Waals surface area contributed by atoms with Gasteiger partial charge in [-0.15, -0.1) is 0 Å². The molecule has 0 bridgehead atoms. The topological polar surface area (TPSA) is 45.2 Å². The van der Waals surface area contributed by atoms with E-state index in [1.807, 2.05) is 17.0 Å². The van der Waals surface area contributed by atoms with E-state index in [4.69, 9.17) is 0 Å². The molecule has 2 aliphatic rings. The molecule has 1 aliphatic heterocycles. The molecule has 1 aromatic heterocycles. The summed E-state index contributed by atoms with van der Waals surface area (Å²) in [6.45, 7) is 2.68. The number of nitrogens with zero attached hydrogens (tertiary/aromatic N) is 2. The molecule has 1 aliphatic carbocycles. The van der Waals surface area contributed by atoms with Crippen molar-refractivity contribution in [1.82, 2.24) is 9.88 Å². The molecule has 3 rings (SSSR count). The van der Waals surface area contributed by atoms with Crippen LogP contribution in [-0.2, 0) is 0 Å². The lowest BCUT2D eigenvalue weighted by Gasteiger charge is -2.19. The van der Waals surface area contributed by atoms with E-state index in [0.29, 0.717) is 5.69 Å². The largest absolute Gasteiger partial charge is 0.383 e. The Labute approximate surface area is 145 Å². The van der Waals surface area contributed by atoms with Crippen molar-refractivity contribution in [2.75, 3.05) is 25.0 Å². The molecule has 0 spiro atoms. The third kappa shape index (κ3) is 4.83. The first-order valence-electron chi connectivity index (χ1n) is 9.50. The maximum Gasteiger partial charge on any atom is 0.272 e. The summed E-state index contributed by atoms with van der Waals surface area (Å²) in [7, 11) is 0. The summed E-state index contributed by atoms with van der Waals surface area (Å²) in [5.41, 5.74) is 3.14. The fourth-order valence-electron chi connectivity index (χ4n) is 3.56. The summed E-state index contributed by atoms with van der Waals surface area (Å²) in [5.74, 6) is 0.0795. The van der Waals surface area contributed by atoms with Crippen LogP contribution in [-0.4, -0.2) is 35.4 Å². The van der Waals surface area contributed by atoms with Crippen molar-refractivity contribution >= 4 is 11.6 Å². The van der Waals surface area contributed by atoms with E-state index >= 15 is 0 Å². The van der Waals surface area contributed by atoms with Crippen LogP contribution in [0.3, 0.4) is 0 Å². The van der Waals surface area contributed by atoms with Gasteiger partial charge < -0.3 is 10.2 Å². The van der Waals surface area contributed by atoms with E-state index in [9.17, 15) is 4.79 Å². The first-order valence-corrected chi connectivity index (χ1v) is 9.50. The minimum Gasteiger partial charge on any atom is -0.383 e. The zero-order valence-electron chi connectivity index (χ0n) is 14.6. The molecule has 1 aromatic rings. The van der Waals surface area contributed by atoms with Gasteiger partial charge in [0.2, 0.25) is 0 Å². The standard InChI is InChI=1S/C20H29N3O/c24-20(23-14-6-1-2-7-15-23)19-11-10-18(16-22-19)21-13-12-17-8-4-3-5-9-17/h8,10-11,16,21H,1-7,9,12-15H2. The van der Waals surface area contributed by atoms with E-state index in [2.05, 4.69) is 16.4 Å². The molecule has 4 nitrogen and oxygen atoms in total. The van der Waals surface area contributed by atoms with Gasteiger partial charge in [0.25, 0.3) is 5.91 Å². The van der Waals surface area contributed by atoms with E-state index in [1.165, 1.54) is 38.5 Å². The Bertz CT molecular complexity index is 557. The fraction of sp³-hybridized carbons (Fsp3) is 0.600. The zero-order chi connectivity index (χ0) is 16.6. The van der Waals surface area contributed by atoms with Gasteiger partial charge in [0, 0.05) is 19.6 Å². The maximum absolute atomic E-state index is 12.5. The van der Waals surface area contributed by atoms with Crippen LogP contribution in [0.5, 0.6) is 0 Å². The first-order chi connectivity index (χ1) is 11.8. The summed E-state index contributed by atoms with van der Waals surface area (Å²) in [5, 5.41) is 3.42. The number of hydrogen-bond donors (Lipinski definition) is 1. The van der Waals surface area contributed by atoms with Gasteiger partial charge in [-0.25, -0.2) is 4.98 Å². The van der Waals surface area contributed by atoms with Crippen LogP contribution in [0.4, 0.5) is 5.69 Å². The molecule has 4 heteroatoms. The van der Waals surface area contributed by atoms with Crippen LogP contribution < -0.4 is 5.32 Å².